The molecule has 0 aromatic heterocycles. The summed E-state index contributed by atoms with van der Waals surface area (Å²) >= 11 is 1.68. The van der Waals surface area contributed by atoms with Crippen LogP contribution in [0.3, 0.4) is 0 Å². The number of anilines is 1. The van der Waals surface area contributed by atoms with Crippen LogP contribution >= 0.6 is 11.8 Å². The van der Waals surface area contributed by atoms with Crippen molar-refractivity contribution >= 4 is 29.3 Å². The van der Waals surface area contributed by atoms with Gasteiger partial charge in [-0.3, -0.25) is 9.59 Å². The van der Waals surface area contributed by atoms with E-state index in [-0.39, 0.29) is 12.5 Å². The fraction of sp³-hybridized carbons (Fsp3) is 0.103. The van der Waals surface area contributed by atoms with Crippen molar-refractivity contribution in [2.75, 3.05) is 12.0 Å². The number of rotatable bonds is 6. The Kier molecular flexibility index (Phi) is 7.13. The van der Waals surface area contributed by atoms with E-state index in [9.17, 15) is 9.59 Å². The summed E-state index contributed by atoms with van der Waals surface area (Å²) in [5.41, 5.74) is 3.83. The van der Waals surface area contributed by atoms with E-state index < -0.39 is 5.91 Å². The molecule has 0 unspecified atom stereocenters. The van der Waals surface area contributed by atoms with Crippen molar-refractivity contribution in [3.8, 4) is 0 Å². The standard InChI is InChI=1S/C29H24N2O4S/c1-34-31(29(33)22-9-3-2-4-10-22)35-20-21-15-17-23(18-16-21)28(32)30-19-24-11-5-7-13-26(24)36-27-14-8-6-12-25(27)30/h2-18H,19-20H2,1H3. The van der Waals surface area contributed by atoms with Gasteiger partial charge in [0.2, 0.25) is 0 Å². The molecule has 0 saturated heterocycles. The van der Waals surface area contributed by atoms with Crippen molar-refractivity contribution in [3.63, 3.8) is 0 Å². The number of benzene rings is 4. The third-order valence-corrected chi connectivity index (χ3v) is 7.01. The summed E-state index contributed by atoms with van der Waals surface area (Å²) in [6.45, 7) is 0.603. The quantitative estimate of drug-likeness (QED) is 0.301. The van der Waals surface area contributed by atoms with Gasteiger partial charge in [0, 0.05) is 20.9 Å². The lowest BCUT2D eigenvalue weighted by molar-refractivity contribution is -0.320. The molecule has 1 aliphatic heterocycles. The Labute approximate surface area is 214 Å². The molecule has 0 N–H and O–H groups in total. The van der Waals surface area contributed by atoms with Gasteiger partial charge in [-0.1, -0.05) is 77.7 Å². The molecule has 0 fully saturated rings. The van der Waals surface area contributed by atoms with E-state index in [2.05, 4.69) is 12.1 Å². The maximum absolute atomic E-state index is 13.6. The van der Waals surface area contributed by atoms with Crippen LogP contribution in [0.1, 0.15) is 31.8 Å². The number of fused-ring (bicyclic) bond motifs is 2. The first kappa shape index (κ1) is 23.8. The molecule has 4 aromatic carbocycles. The minimum Gasteiger partial charge on any atom is -0.303 e. The first-order valence-electron chi connectivity index (χ1n) is 11.5. The molecule has 7 heteroatoms. The number of carbonyl (C=O) groups excluding carboxylic acids is 2. The summed E-state index contributed by atoms with van der Waals surface area (Å²) in [5, 5.41) is 0.859. The highest BCUT2D eigenvalue weighted by Crippen LogP contribution is 2.41. The number of para-hydroxylation sites is 1. The maximum Gasteiger partial charge on any atom is 0.303 e. The van der Waals surface area contributed by atoms with Crippen molar-refractivity contribution in [2.24, 2.45) is 0 Å². The van der Waals surface area contributed by atoms with E-state index in [1.165, 1.54) is 7.11 Å². The highest BCUT2D eigenvalue weighted by Gasteiger charge is 2.25. The lowest BCUT2D eigenvalue weighted by Crippen LogP contribution is -2.30. The predicted molar refractivity (Wildman–Crippen MR) is 138 cm³/mol. The summed E-state index contributed by atoms with van der Waals surface area (Å²) in [6.07, 6.45) is 0. The zero-order valence-electron chi connectivity index (χ0n) is 19.7. The normalized spacial score (nSPS) is 12.3. The molecule has 0 radical (unpaired) electrons. The second-order valence-corrected chi connectivity index (χ2v) is 9.23. The average molecular weight is 497 g/mol. The zero-order valence-corrected chi connectivity index (χ0v) is 20.5. The molecule has 0 spiro atoms. The van der Waals surface area contributed by atoms with Crippen LogP contribution in [0.4, 0.5) is 5.69 Å². The molecule has 0 atom stereocenters. The van der Waals surface area contributed by atoms with Gasteiger partial charge < -0.3 is 4.90 Å². The third-order valence-electron chi connectivity index (χ3n) is 5.82. The Balaban J connectivity index is 1.31. The fourth-order valence-electron chi connectivity index (χ4n) is 3.97. The largest absolute Gasteiger partial charge is 0.303 e. The molecule has 2 amide bonds. The van der Waals surface area contributed by atoms with E-state index in [1.54, 1.807) is 48.2 Å². The van der Waals surface area contributed by atoms with E-state index >= 15 is 0 Å². The number of amides is 2. The minimum atomic E-state index is -0.400. The summed E-state index contributed by atoms with van der Waals surface area (Å²) in [6, 6.07) is 32.1. The maximum atomic E-state index is 13.6. The molecule has 1 heterocycles. The number of hydrogen-bond acceptors (Lipinski definition) is 5. The van der Waals surface area contributed by atoms with Crippen molar-refractivity contribution in [1.82, 2.24) is 5.23 Å². The fourth-order valence-corrected chi connectivity index (χ4v) is 5.05. The first-order valence-corrected chi connectivity index (χ1v) is 12.3. The van der Waals surface area contributed by atoms with Gasteiger partial charge in [-0.05, 0) is 53.6 Å². The Morgan fingerprint density at radius 1 is 0.806 bits per heavy atom. The summed E-state index contributed by atoms with van der Waals surface area (Å²) < 4.78 is 0. The molecule has 6 nitrogen and oxygen atoms in total. The Hall–Kier alpha value is -3.91. The Morgan fingerprint density at radius 2 is 1.47 bits per heavy atom. The zero-order chi connectivity index (χ0) is 24.9. The van der Waals surface area contributed by atoms with Crippen LogP contribution in [0.2, 0.25) is 0 Å². The molecule has 1 aliphatic rings. The molecule has 5 rings (SSSR count). The van der Waals surface area contributed by atoms with Crippen LogP contribution in [0.25, 0.3) is 0 Å². The van der Waals surface area contributed by atoms with Crippen LogP contribution in [0.5, 0.6) is 0 Å². The van der Waals surface area contributed by atoms with Crippen LogP contribution in [-0.2, 0) is 22.8 Å². The highest BCUT2D eigenvalue weighted by molar-refractivity contribution is 7.99. The molecule has 180 valence electrons. The van der Waals surface area contributed by atoms with E-state index in [0.29, 0.717) is 17.7 Å². The topological polar surface area (TPSA) is 59.1 Å². The molecule has 4 aromatic rings. The van der Waals surface area contributed by atoms with Gasteiger partial charge in [-0.25, -0.2) is 9.68 Å². The smallest absolute Gasteiger partial charge is 0.303 e. The van der Waals surface area contributed by atoms with Gasteiger partial charge in [0.25, 0.3) is 5.91 Å². The van der Waals surface area contributed by atoms with Crippen LogP contribution < -0.4 is 4.90 Å². The van der Waals surface area contributed by atoms with Gasteiger partial charge in [-0.15, -0.1) is 0 Å². The number of nitrogens with zero attached hydrogens (tertiary/aromatic N) is 2. The van der Waals surface area contributed by atoms with Gasteiger partial charge >= 0.3 is 5.91 Å². The lowest BCUT2D eigenvalue weighted by Gasteiger charge is -2.23. The van der Waals surface area contributed by atoms with Crippen LogP contribution in [0, 0.1) is 0 Å². The summed E-state index contributed by atoms with van der Waals surface area (Å²) in [7, 11) is 1.37. The van der Waals surface area contributed by atoms with Crippen molar-refractivity contribution in [3.05, 3.63) is 125 Å². The van der Waals surface area contributed by atoms with Gasteiger partial charge in [0.15, 0.2) is 0 Å². The van der Waals surface area contributed by atoms with Gasteiger partial charge in [0.05, 0.1) is 19.3 Å². The van der Waals surface area contributed by atoms with Crippen molar-refractivity contribution < 1.29 is 19.3 Å². The second kappa shape index (κ2) is 10.8. The van der Waals surface area contributed by atoms with Crippen LogP contribution in [0.15, 0.2) is 113 Å². The van der Waals surface area contributed by atoms with Crippen molar-refractivity contribution in [2.45, 2.75) is 22.9 Å². The van der Waals surface area contributed by atoms with E-state index in [4.69, 9.17) is 9.68 Å². The number of carbonyl (C=O) groups is 2. The van der Waals surface area contributed by atoms with Gasteiger partial charge in [-0.2, -0.15) is 0 Å². The summed E-state index contributed by atoms with van der Waals surface area (Å²) in [5.74, 6) is -0.479. The molecular formula is C29H24N2O4S. The second-order valence-electron chi connectivity index (χ2n) is 8.15. The SMILES string of the molecule is CON(OCc1ccc(C(=O)N2Cc3ccccc3Sc3ccccc32)cc1)C(=O)c1ccccc1. The van der Waals surface area contributed by atoms with E-state index in [0.717, 1.165) is 31.8 Å². The summed E-state index contributed by atoms with van der Waals surface area (Å²) in [4.78, 5) is 40.9. The minimum absolute atomic E-state index is 0.0787. The lowest BCUT2D eigenvalue weighted by atomic mass is 10.1. The molecule has 0 aliphatic carbocycles. The highest BCUT2D eigenvalue weighted by atomic mass is 32.2. The predicted octanol–water partition coefficient (Wildman–Crippen LogP) is 6.13. The van der Waals surface area contributed by atoms with E-state index in [1.807, 2.05) is 59.5 Å². The Morgan fingerprint density at radius 3 is 2.22 bits per heavy atom. The molecular weight excluding hydrogens is 472 g/mol. The molecule has 0 saturated carbocycles. The average Bonchev–Trinajstić information content (AvgIpc) is 3.10. The van der Waals surface area contributed by atoms with Gasteiger partial charge in [0.1, 0.15) is 6.61 Å². The van der Waals surface area contributed by atoms with Crippen LogP contribution in [-0.4, -0.2) is 24.2 Å². The Bertz CT molecular complexity index is 1380. The van der Waals surface area contributed by atoms with Crippen molar-refractivity contribution in [1.29, 1.82) is 0 Å². The molecule has 36 heavy (non-hydrogen) atoms. The number of hydroxylamine groups is 2. The first-order chi connectivity index (χ1) is 17.6. The number of hydrogen-bond donors (Lipinski definition) is 0. The third kappa shape index (κ3) is 5.04. The molecule has 0 bridgehead atoms. The monoisotopic (exact) mass is 496 g/mol.